The molecule has 19 heavy (non-hydrogen) atoms. The minimum Gasteiger partial charge on any atom is -0.339 e. The van der Waals surface area contributed by atoms with E-state index in [9.17, 15) is 8.78 Å². The number of hydrogen-bond donors (Lipinski definition) is 1. The molecule has 3 rings (SSSR count). The molecule has 2 heterocycles. The molecular formula is C13H13F2N3O. The lowest BCUT2D eigenvalue weighted by molar-refractivity contribution is 0.295. The molecule has 1 aromatic heterocycles. The van der Waals surface area contributed by atoms with E-state index >= 15 is 0 Å². The van der Waals surface area contributed by atoms with E-state index in [2.05, 4.69) is 15.5 Å². The van der Waals surface area contributed by atoms with Crippen molar-refractivity contribution in [3.05, 3.63) is 47.1 Å². The van der Waals surface area contributed by atoms with Crippen LogP contribution < -0.4 is 5.32 Å². The second-order valence-electron chi connectivity index (χ2n) is 4.75. The third-order valence-electron chi connectivity index (χ3n) is 3.20. The summed E-state index contributed by atoms with van der Waals surface area (Å²) in [5, 5.41) is 6.99. The van der Waals surface area contributed by atoms with Gasteiger partial charge in [0.05, 0.1) is 0 Å². The Kier molecular flexibility index (Phi) is 3.25. The van der Waals surface area contributed by atoms with Gasteiger partial charge in [-0.2, -0.15) is 4.98 Å². The van der Waals surface area contributed by atoms with Crippen molar-refractivity contribution >= 4 is 0 Å². The van der Waals surface area contributed by atoms with E-state index in [0.29, 0.717) is 23.2 Å². The molecule has 1 aromatic carbocycles. The first-order valence-corrected chi connectivity index (χ1v) is 6.17. The molecule has 0 atom stereocenters. The summed E-state index contributed by atoms with van der Waals surface area (Å²) in [7, 11) is 0. The third kappa shape index (κ3) is 2.78. The van der Waals surface area contributed by atoms with Crippen molar-refractivity contribution in [3.63, 3.8) is 0 Å². The molecule has 0 aliphatic carbocycles. The lowest BCUT2D eigenvalue weighted by atomic mass is 10.00. The molecule has 2 aromatic rings. The van der Waals surface area contributed by atoms with Crippen molar-refractivity contribution in [1.82, 2.24) is 15.5 Å². The van der Waals surface area contributed by atoms with Gasteiger partial charge in [-0.3, -0.25) is 0 Å². The zero-order valence-corrected chi connectivity index (χ0v) is 10.2. The number of rotatable bonds is 4. The molecule has 0 spiro atoms. The van der Waals surface area contributed by atoms with Gasteiger partial charge in [0.25, 0.3) is 0 Å². The Morgan fingerprint density at radius 3 is 2.84 bits per heavy atom. The Balaban J connectivity index is 1.68. The molecule has 0 bridgehead atoms. The Labute approximate surface area is 108 Å². The normalized spacial score (nSPS) is 15.5. The van der Waals surface area contributed by atoms with Crippen LogP contribution in [0.2, 0.25) is 0 Å². The van der Waals surface area contributed by atoms with Crippen molar-refractivity contribution < 1.29 is 13.3 Å². The predicted octanol–water partition coefficient (Wildman–Crippen LogP) is 1.70. The quantitative estimate of drug-likeness (QED) is 0.914. The molecule has 0 saturated carbocycles. The third-order valence-corrected chi connectivity index (χ3v) is 3.20. The summed E-state index contributed by atoms with van der Waals surface area (Å²) in [5.74, 6) is 0.356. The Hall–Kier alpha value is -1.82. The van der Waals surface area contributed by atoms with Crippen LogP contribution in [0.4, 0.5) is 8.78 Å². The molecule has 1 fully saturated rings. The van der Waals surface area contributed by atoms with Crippen LogP contribution in [0.25, 0.3) is 0 Å². The first kappa shape index (κ1) is 12.2. The fourth-order valence-corrected chi connectivity index (χ4v) is 2.02. The first-order valence-electron chi connectivity index (χ1n) is 6.17. The SMILES string of the molecule is Fc1ccc(Cc2noc(CC3CNC3)n2)c(F)c1. The molecular weight excluding hydrogens is 252 g/mol. The molecule has 1 aliphatic rings. The lowest BCUT2D eigenvalue weighted by Gasteiger charge is -2.25. The second kappa shape index (κ2) is 5.05. The summed E-state index contributed by atoms with van der Waals surface area (Å²) in [6.45, 7) is 1.93. The number of hydrogen-bond acceptors (Lipinski definition) is 4. The van der Waals surface area contributed by atoms with Crippen LogP contribution in [-0.4, -0.2) is 23.2 Å². The van der Waals surface area contributed by atoms with Crippen molar-refractivity contribution in [2.45, 2.75) is 12.8 Å². The average molecular weight is 265 g/mol. The summed E-state index contributed by atoms with van der Waals surface area (Å²) < 4.78 is 31.4. The molecule has 0 amide bonds. The van der Waals surface area contributed by atoms with E-state index < -0.39 is 11.6 Å². The minimum atomic E-state index is -0.590. The van der Waals surface area contributed by atoms with Crippen LogP contribution in [0.1, 0.15) is 17.3 Å². The Morgan fingerprint density at radius 2 is 2.16 bits per heavy atom. The Morgan fingerprint density at radius 1 is 1.32 bits per heavy atom. The van der Waals surface area contributed by atoms with Gasteiger partial charge in [-0.25, -0.2) is 8.78 Å². The van der Waals surface area contributed by atoms with E-state index in [4.69, 9.17) is 4.52 Å². The van der Waals surface area contributed by atoms with Gasteiger partial charge >= 0.3 is 0 Å². The maximum Gasteiger partial charge on any atom is 0.227 e. The molecule has 1 N–H and O–H groups in total. The average Bonchev–Trinajstić information content (AvgIpc) is 2.75. The van der Waals surface area contributed by atoms with Gasteiger partial charge in [0, 0.05) is 18.9 Å². The highest BCUT2D eigenvalue weighted by Crippen LogP contribution is 2.15. The first-order chi connectivity index (χ1) is 9.20. The Bertz CT molecular complexity index is 581. The van der Waals surface area contributed by atoms with Crippen LogP contribution in [0, 0.1) is 17.6 Å². The number of nitrogens with zero attached hydrogens (tertiary/aromatic N) is 2. The van der Waals surface area contributed by atoms with Crippen molar-refractivity contribution in [1.29, 1.82) is 0 Å². The summed E-state index contributed by atoms with van der Waals surface area (Å²) >= 11 is 0. The highest BCUT2D eigenvalue weighted by molar-refractivity contribution is 5.21. The fraction of sp³-hybridized carbons (Fsp3) is 0.385. The molecule has 100 valence electrons. The number of nitrogens with one attached hydrogen (secondary N) is 1. The summed E-state index contributed by atoms with van der Waals surface area (Å²) in [6, 6.07) is 3.48. The van der Waals surface area contributed by atoms with Crippen molar-refractivity contribution in [2.24, 2.45) is 5.92 Å². The maximum absolute atomic E-state index is 13.5. The molecule has 0 radical (unpaired) electrons. The maximum atomic E-state index is 13.5. The van der Waals surface area contributed by atoms with E-state index in [1.165, 1.54) is 12.1 Å². The van der Waals surface area contributed by atoms with Gasteiger partial charge in [0.1, 0.15) is 11.6 Å². The molecule has 1 saturated heterocycles. The lowest BCUT2D eigenvalue weighted by Crippen LogP contribution is -2.43. The molecule has 0 unspecified atom stereocenters. The van der Waals surface area contributed by atoms with Gasteiger partial charge in [-0.05, 0) is 30.6 Å². The molecule has 6 heteroatoms. The topological polar surface area (TPSA) is 51.0 Å². The van der Waals surface area contributed by atoms with Crippen LogP contribution in [0.15, 0.2) is 22.7 Å². The largest absolute Gasteiger partial charge is 0.339 e. The smallest absolute Gasteiger partial charge is 0.227 e. The van der Waals surface area contributed by atoms with E-state index in [0.717, 1.165) is 25.6 Å². The summed E-state index contributed by atoms with van der Waals surface area (Å²) in [5.41, 5.74) is 0.360. The predicted molar refractivity (Wildman–Crippen MR) is 63.5 cm³/mol. The highest BCUT2D eigenvalue weighted by atomic mass is 19.1. The minimum absolute atomic E-state index is 0.207. The van der Waals surface area contributed by atoms with Crippen LogP contribution in [-0.2, 0) is 12.8 Å². The number of benzene rings is 1. The fourth-order valence-electron chi connectivity index (χ4n) is 2.02. The highest BCUT2D eigenvalue weighted by Gasteiger charge is 2.20. The summed E-state index contributed by atoms with van der Waals surface area (Å²) in [4.78, 5) is 4.22. The van der Waals surface area contributed by atoms with Gasteiger partial charge in [-0.1, -0.05) is 11.2 Å². The van der Waals surface area contributed by atoms with Gasteiger partial charge in [-0.15, -0.1) is 0 Å². The summed E-state index contributed by atoms with van der Waals surface area (Å²) in [6.07, 6.45) is 0.949. The number of aromatic nitrogens is 2. The standard InChI is InChI=1S/C13H13F2N3O/c14-10-2-1-9(11(15)5-10)4-12-17-13(19-18-12)3-8-6-16-7-8/h1-2,5,8,16H,3-4,6-7H2. The monoisotopic (exact) mass is 265 g/mol. The van der Waals surface area contributed by atoms with Crippen molar-refractivity contribution in [3.8, 4) is 0 Å². The number of halogens is 2. The van der Waals surface area contributed by atoms with Gasteiger partial charge < -0.3 is 9.84 Å². The zero-order chi connectivity index (χ0) is 13.2. The van der Waals surface area contributed by atoms with Crippen LogP contribution in [0.5, 0.6) is 0 Å². The molecule has 4 nitrogen and oxygen atoms in total. The van der Waals surface area contributed by atoms with Gasteiger partial charge in [0.15, 0.2) is 5.82 Å². The van der Waals surface area contributed by atoms with Crippen LogP contribution in [0.3, 0.4) is 0 Å². The van der Waals surface area contributed by atoms with E-state index in [1.807, 2.05) is 0 Å². The second-order valence-corrected chi connectivity index (χ2v) is 4.75. The van der Waals surface area contributed by atoms with Crippen LogP contribution >= 0.6 is 0 Å². The zero-order valence-electron chi connectivity index (χ0n) is 10.2. The van der Waals surface area contributed by atoms with Crippen molar-refractivity contribution in [2.75, 3.05) is 13.1 Å². The van der Waals surface area contributed by atoms with Gasteiger partial charge in [0.2, 0.25) is 5.89 Å². The van der Waals surface area contributed by atoms with E-state index in [1.54, 1.807) is 0 Å². The molecule has 1 aliphatic heterocycles. The van der Waals surface area contributed by atoms with E-state index in [-0.39, 0.29) is 6.42 Å².